The second kappa shape index (κ2) is 10.8. The van der Waals surface area contributed by atoms with Crippen molar-refractivity contribution in [1.82, 2.24) is 5.32 Å². The quantitative estimate of drug-likeness (QED) is 0.631. The molecule has 0 amide bonds. The molecule has 3 heteroatoms. The average molecular weight is 279 g/mol. The standard InChI is InChI=1S/C17H29NO2/c1-4-11-20-12-9-16(14-18-10-13-19-3)17-8-6-5-7-15(17)2/h5-8,16,18H,4,9-14H2,1-3H3. The summed E-state index contributed by atoms with van der Waals surface area (Å²) in [5, 5.41) is 3.47. The molecular formula is C17H29NO2. The highest BCUT2D eigenvalue weighted by atomic mass is 16.5. The predicted octanol–water partition coefficient (Wildman–Crippen LogP) is 3.13. The zero-order valence-electron chi connectivity index (χ0n) is 13.2. The monoisotopic (exact) mass is 279 g/mol. The van der Waals surface area contributed by atoms with E-state index >= 15 is 0 Å². The Morgan fingerprint density at radius 3 is 2.65 bits per heavy atom. The third-order valence-corrected chi connectivity index (χ3v) is 3.46. The van der Waals surface area contributed by atoms with Gasteiger partial charge in [0.25, 0.3) is 0 Å². The fraction of sp³-hybridized carbons (Fsp3) is 0.647. The lowest BCUT2D eigenvalue weighted by atomic mass is 9.92. The van der Waals surface area contributed by atoms with E-state index in [9.17, 15) is 0 Å². The highest BCUT2D eigenvalue weighted by Crippen LogP contribution is 2.22. The van der Waals surface area contributed by atoms with E-state index in [2.05, 4.69) is 43.4 Å². The maximum absolute atomic E-state index is 5.65. The summed E-state index contributed by atoms with van der Waals surface area (Å²) in [7, 11) is 1.74. The van der Waals surface area contributed by atoms with Crippen molar-refractivity contribution in [3.8, 4) is 0 Å². The fourth-order valence-electron chi connectivity index (χ4n) is 2.33. The van der Waals surface area contributed by atoms with Crippen LogP contribution in [0.2, 0.25) is 0 Å². The normalized spacial score (nSPS) is 12.6. The van der Waals surface area contributed by atoms with Gasteiger partial charge in [0.15, 0.2) is 0 Å². The summed E-state index contributed by atoms with van der Waals surface area (Å²) in [5.74, 6) is 0.505. The molecule has 3 nitrogen and oxygen atoms in total. The molecule has 0 saturated heterocycles. The first-order valence-electron chi connectivity index (χ1n) is 7.62. The van der Waals surface area contributed by atoms with Crippen LogP contribution in [0.1, 0.15) is 36.8 Å². The molecule has 1 unspecified atom stereocenters. The minimum atomic E-state index is 0.505. The first-order chi connectivity index (χ1) is 9.79. The van der Waals surface area contributed by atoms with Gasteiger partial charge in [-0.15, -0.1) is 0 Å². The van der Waals surface area contributed by atoms with Crippen molar-refractivity contribution in [2.75, 3.05) is 40.0 Å². The maximum atomic E-state index is 5.65. The van der Waals surface area contributed by atoms with E-state index in [-0.39, 0.29) is 0 Å². The summed E-state index contributed by atoms with van der Waals surface area (Å²) in [5.41, 5.74) is 2.79. The Morgan fingerprint density at radius 1 is 1.15 bits per heavy atom. The predicted molar refractivity (Wildman–Crippen MR) is 84.4 cm³/mol. The first-order valence-corrected chi connectivity index (χ1v) is 7.62. The number of methoxy groups -OCH3 is 1. The van der Waals surface area contributed by atoms with Gasteiger partial charge >= 0.3 is 0 Å². The molecule has 0 heterocycles. The van der Waals surface area contributed by atoms with Gasteiger partial charge in [-0.2, -0.15) is 0 Å². The van der Waals surface area contributed by atoms with Gasteiger partial charge in [0.2, 0.25) is 0 Å². The van der Waals surface area contributed by atoms with E-state index in [0.717, 1.165) is 45.8 Å². The summed E-state index contributed by atoms with van der Waals surface area (Å²) >= 11 is 0. The van der Waals surface area contributed by atoms with Gasteiger partial charge in [-0.05, 0) is 36.8 Å². The average Bonchev–Trinajstić information content (AvgIpc) is 2.46. The molecule has 0 spiro atoms. The number of rotatable bonds is 11. The second-order valence-electron chi connectivity index (χ2n) is 5.15. The number of benzene rings is 1. The minimum Gasteiger partial charge on any atom is -0.383 e. The molecule has 0 aliphatic carbocycles. The van der Waals surface area contributed by atoms with E-state index in [1.54, 1.807) is 7.11 Å². The van der Waals surface area contributed by atoms with Gasteiger partial charge in [0.1, 0.15) is 0 Å². The third-order valence-electron chi connectivity index (χ3n) is 3.46. The first kappa shape index (κ1) is 17.2. The van der Waals surface area contributed by atoms with E-state index in [1.807, 2.05) is 0 Å². The van der Waals surface area contributed by atoms with Crippen LogP contribution in [0.4, 0.5) is 0 Å². The summed E-state index contributed by atoms with van der Waals surface area (Å²) in [6.07, 6.45) is 2.14. The highest BCUT2D eigenvalue weighted by molar-refractivity contribution is 5.29. The zero-order chi connectivity index (χ0) is 14.6. The van der Waals surface area contributed by atoms with Crippen molar-refractivity contribution in [2.24, 2.45) is 0 Å². The molecule has 0 aromatic heterocycles. The molecule has 0 saturated carbocycles. The summed E-state index contributed by atoms with van der Waals surface area (Å²) in [4.78, 5) is 0. The largest absolute Gasteiger partial charge is 0.383 e. The number of aryl methyl sites for hydroxylation is 1. The number of nitrogens with one attached hydrogen (secondary N) is 1. The van der Waals surface area contributed by atoms with Crippen LogP contribution in [0, 0.1) is 6.92 Å². The maximum Gasteiger partial charge on any atom is 0.0587 e. The summed E-state index contributed by atoms with van der Waals surface area (Å²) in [6, 6.07) is 8.64. The lowest BCUT2D eigenvalue weighted by Crippen LogP contribution is -2.26. The Labute approximate surface area is 123 Å². The topological polar surface area (TPSA) is 30.5 Å². The Hall–Kier alpha value is -0.900. The van der Waals surface area contributed by atoms with Crippen molar-refractivity contribution in [3.63, 3.8) is 0 Å². The van der Waals surface area contributed by atoms with Gasteiger partial charge in [-0.25, -0.2) is 0 Å². The Kier molecular flexibility index (Phi) is 9.29. The number of ether oxygens (including phenoxy) is 2. The molecule has 1 atom stereocenters. The highest BCUT2D eigenvalue weighted by Gasteiger charge is 2.13. The van der Waals surface area contributed by atoms with Crippen molar-refractivity contribution in [2.45, 2.75) is 32.6 Å². The van der Waals surface area contributed by atoms with Gasteiger partial charge < -0.3 is 14.8 Å². The molecule has 0 aliphatic rings. The van der Waals surface area contributed by atoms with E-state index in [0.29, 0.717) is 5.92 Å². The Bertz CT molecular complexity index is 343. The Balaban J connectivity index is 2.52. The molecule has 0 aliphatic heterocycles. The van der Waals surface area contributed by atoms with Crippen LogP contribution < -0.4 is 5.32 Å². The second-order valence-corrected chi connectivity index (χ2v) is 5.15. The fourth-order valence-corrected chi connectivity index (χ4v) is 2.33. The van der Waals surface area contributed by atoms with Gasteiger partial charge in [0.05, 0.1) is 6.61 Å². The molecule has 0 fully saturated rings. The number of hydrogen-bond acceptors (Lipinski definition) is 3. The van der Waals surface area contributed by atoms with Gasteiger partial charge in [-0.3, -0.25) is 0 Å². The van der Waals surface area contributed by atoms with E-state index < -0.39 is 0 Å². The molecule has 1 rings (SSSR count). The smallest absolute Gasteiger partial charge is 0.0587 e. The summed E-state index contributed by atoms with van der Waals surface area (Å²) < 4.78 is 10.7. The van der Waals surface area contributed by atoms with Crippen LogP contribution in [0.3, 0.4) is 0 Å². The van der Waals surface area contributed by atoms with Crippen molar-refractivity contribution >= 4 is 0 Å². The van der Waals surface area contributed by atoms with E-state index in [1.165, 1.54) is 11.1 Å². The SMILES string of the molecule is CCCOCCC(CNCCOC)c1ccccc1C. The van der Waals surface area contributed by atoms with Crippen molar-refractivity contribution < 1.29 is 9.47 Å². The molecule has 1 aromatic carbocycles. The van der Waals surface area contributed by atoms with Crippen LogP contribution in [-0.4, -0.2) is 40.0 Å². The minimum absolute atomic E-state index is 0.505. The molecule has 0 radical (unpaired) electrons. The molecule has 20 heavy (non-hydrogen) atoms. The van der Waals surface area contributed by atoms with Crippen LogP contribution in [0.5, 0.6) is 0 Å². The van der Waals surface area contributed by atoms with Gasteiger partial charge in [0, 0.05) is 33.4 Å². The molecule has 1 N–H and O–H groups in total. The summed E-state index contributed by atoms with van der Waals surface area (Å²) in [6.45, 7) is 8.65. The van der Waals surface area contributed by atoms with Crippen LogP contribution in [0.25, 0.3) is 0 Å². The molecule has 114 valence electrons. The molecule has 0 bridgehead atoms. The van der Waals surface area contributed by atoms with Crippen LogP contribution >= 0.6 is 0 Å². The Morgan fingerprint density at radius 2 is 1.95 bits per heavy atom. The molecular weight excluding hydrogens is 250 g/mol. The van der Waals surface area contributed by atoms with Gasteiger partial charge in [-0.1, -0.05) is 31.2 Å². The molecule has 1 aromatic rings. The number of hydrogen-bond donors (Lipinski definition) is 1. The van der Waals surface area contributed by atoms with Crippen LogP contribution in [0.15, 0.2) is 24.3 Å². The van der Waals surface area contributed by atoms with E-state index in [4.69, 9.17) is 9.47 Å². The zero-order valence-corrected chi connectivity index (χ0v) is 13.2. The van der Waals surface area contributed by atoms with Crippen molar-refractivity contribution in [1.29, 1.82) is 0 Å². The van der Waals surface area contributed by atoms with Crippen LogP contribution in [-0.2, 0) is 9.47 Å². The van der Waals surface area contributed by atoms with Crippen molar-refractivity contribution in [3.05, 3.63) is 35.4 Å². The lowest BCUT2D eigenvalue weighted by Gasteiger charge is -2.20. The lowest BCUT2D eigenvalue weighted by molar-refractivity contribution is 0.126. The third kappa shape index (κ3) is 6.51.